The number of hydrogen-bond donors (Lipinski definition) is 0. The van der Waals surface area contributed by atoms with Crippen molar-refractivity contribution in [2.45, 2.75) is 40.7 Å². The molecule has 122 valence electrons. The Labute approximate surface area is 138 Å². The predicted molar refractivity (Wildman–Crippen MR) is 95.8 cm³/mol. The van der Waals surface area contributed by atoms with Gasteiger partial charge in [0, 0.05) is 5.56 Å². The summed E-state index contributed by atoms with van der Waals surface area (Å²) in [5, 5.41) is 0.496. The van der Waals surface area contributed by atoms with Gasteiger partial charge < -0.3 is 9.30 Å². The summed E-state index contributed by atoms with van der Waals surface area (Å²) in [5.41, 5.74) is 3.10. The molecule has 0 saturated heterocycles. The topological polar surface area (TPSA) is 43.4 Å². The molecule has 2 rings (SSSR count). The van der Waals surface area contributed by atoms with Gasteiger partial charge in [-0.05, 0) is 57.9 Å². The minimum Gasteiger partial charge on any atom is -0.490 e. The zero-order chi connectivity index (χ0) is 17.1. The predicted octanol–water partition coefficient (Wildman–Crippen LogP) is 4.42. The number of carbonyl (C=O) groups is 1. The third kappa shape index (κ3) is 3.92. The van der Waals surface area contributed by atoms with Gasteiger partial charge in [-0.15, -0.1) is 0 Å². The van der Waals surface area contributed by atoms with E-state index < -0.39 is 7.80 Å². The summed E-state index contributed by atoms with van der Waals surface area (Å²) in [7, 11) is -2.64. The highest BCUT2D eigenvalue weighted by molar-refractivity contribution is 7.71. The number of hydrogen-bond acceptors (Lipinski definition) is 3. The molecule has 4 heteroatoms. The molecule has 0 N–H and O–H groups in total. The van der Waals surface area contributed by atoms with Gasteiger partial charge in [0.15, 0.2) is 7.80 Å². The van der Waals surface area contributed by atoms with Crippen molar-refractivity contribution in [3.63, 3.8) is 0 Å². The molecular weight excluding hydrogens is 307 g/mol. The third-order valence-corrected chi connectivity index (χ3v) is 5.17. The summed E-state index contributed by atoms with van der Waals surface area (Å²) in [6, 6.07) is 11.0. The standard InChI is InChI=1S/C19H23O3P/c1-12(2)22-16-8-6-7-9-17(16)23(21)19(20)18-14(4)10-13(3)11-15(18)5/h6-12,23H,1-5H3. The van der Waals surface area contributed by atoms with Crippen molar-refractivity contribution in [1.29, 1.82) is 0 Å². The van der Waals surface area contributed by atoms with Crippen molar-refractivity contribution in [2.24, 2.45) is 0 Å². The van der Waals surface area contributed by atoms with E-state index in [-0.39, 0.29) is 11.6 Å². The Morgan fingerprint density at radius 3 is 2.17 bits per heavy atom. The molecule has 1 unspecified atom stereocenters. The second-order valence-electron chi connectivity index (χ2n) is 6.09. The number of para-hydroxylation sites is 1. The van der Waals surface area contributed by atoms with Crippen LogP contribution in [0.25, 0.3) is 0 Å². The molecule has 0 aromatic heterocycles. The molecule has 0 amide bonds. The first-order valence-corrected chi connectivity index (χ1v) is 9.14. The van der Waals surface area contributed by atoms with Gasteiger partial charge in [0.05, 0.1) is 11.4 Å². The number of benzene rings is 2. The third-order valence-electron chi connectivity index (χ3n) is 3.60. The highest BCUT2D eigenvalue weighted by atomic mass is 31.1. The number of carbonyl (C=O) groups excluding carboxylic acids is 1. The lowest BCUT2D eigenvalue weighted by Gasteiger charge is -2.15. The number of ether oxygens (including phenoxy) is 1. The van der Waals surface area contributed by atoms with E-state index in [1.165, 1.54) is 0 Å². The molecule has 23 heavy (non-hydrogen) atoms. The van der Waals surface area contributed by atoms with Crippen molar-refractivity contribution in [3.05, 3.63) is 58.7 Å². The van der Waals surface area contributed by atoms with Crippen molar-refractivity contribution in [3.8, 4) is 5.75 Å². The Kier molecular flexibility index (Phi) is 5.43. The summed E-state index contributed by atoms with van der Waals surface area (Å²) in [4.78, 5) is 12.8. The van der Waals surface area contributed by atoms with Gasteiger partial charge in [-0.1, -0.05) is 29.8 Å². The van der Waals surface area contributed by atoms with E-state index in [1.54, 1.807) is 18.2 Å². The Morgan fingerprint density at radius 1 is 1.04 bits per heavy atom. The Morgan fingerprint density at radius 2 is 1.61 bits per heavy atom. The minimum absolute atomic E-state index is 0.0381. The largest absolute Gasteiger partial charge is 0.490 e. The summed E-state index contributed by atoms with van der Waals surface area (Å²) in [6.07, 6.45) is -0.0381. The van der Waals surface area contributed by atoms with Crippen molar-refractivity contribution < 1.29 is 14.1 Å². The van der Waals surface area contributed by atoms with Crippen molar-refractivity contribution >= 4 is 18.6 Å². The van der Waals surface area contributed by atoms with E-state index in [1.807, 2.05) is 52.8 Å². The summed E-state index contributed by atoms with van der Waals surface area (Å²) in [6.45, 7) is 9.58. The van der Waals surface area contributed by atoms with Crippen LogP contribution in [0.3, 0.4) is 0 Å². The van der Waals surface area contributed by atoms with Crippen LogP contribution in [0.1, 0.15) is 40.9 Å². The lowest BCUT2D eigenvalue weighted by Crippen LogP contribution is -2.14. The fraction of sp³-hybridized carbons (Fsp3) is 0.316. The SMILES string of the molecule is Cc1cc(C)c(C(=O)[PH](=O)c2ccccc2OC(C)C)c(C)c1. The van der Waals surface area contributed by atoms with E-state index in [0.29, 0.717) is 16.6 Å². The molecular formula is C19H23O3P. The monoisotopic (exact) mass is 330 g/mol. The second-order valence-corrected chi connectivity index (χ2v) is 7.75. The molecule has 0 saturated carbocycles. The zero-order valence-electron chi connectivity index (χ0n) is 14.3. The summed E-state index contributed by atoms with van der Waals surface area (Å²) < 4.78 is 18.6. The lowest BCUT2D eigenvalue weighted by atomic mass is 10.0. The fourth-order valence-corrected chi connectivity index (χ4v) is 4.26. The molecule has 0 bridgehead atoms. The molecule has 0 heterocycles. The molecule has 3 nitrogen and oxygen atoms in total. The number of rotatable bonds is 5. The molecule has 0 spiro atoms. The molecule has 2 aromatic rings. The van der Waals surface area contributed by atoms with E-state index in [2.05, 4.69) is 0 Å². The highest BCUT2D eigenvalue weighted by Crippen LogP contribution is 2.33. The fourth-order valence-electron chi connectivity index (χ4n) is 2.78. The maximum atomic E-state index is 12.9. The van der Waals surface area contributed by atoms with Crippen molar-refractivity contribution in [2.75, 3.05) is 0 Å². The average molecular weight is 330 g/mol. The molecule has 2 aromatic carbocycles. The molecule has 0 fully saturated rings. The molecule has 0 radical (unpaired) electrons. The average Bonchev–Trinajstić information content (AvgIpc) is 2.45. The van der Waals surface area contributed by atoms with Crippen LogP contribution in [0.15, 0.2) is 36.4 Å². The zero-order valence-corrected chi connectivity index (χ0v) is 15.3. The maximum Gasteiger partial charge on any atom is 0.223 e. The van der Waals surface area contributed by atoms with Crippen LogP contribution in [0, 0.1) is 20.8 Å². The lowest BCUT2D eigenvalue weighted by molar-refractivity contribution is 0.107. The first-order valence-electron chi connectivity index (χ1n) is 7.73. The van der Waals surface area contributed by atoms with Crippen molar-refractivity contribution in [1.82, 2.24) is 0 Å². The van der Waals surface area contributed by atoms with E-state index in [4.69, 9.17) is 4.74 Å². The molecule has 0 aliphatic carbocycles. The van der Waals surface area contributed by atoms with E-state index in [0.717, 1.165) is 16.7 Å². The van der Waals surface area contributed by atoms with Crippen LogP contribution in [-0.4, -0.2) is 11.6 Å². The van der Waals surface area contributed by atoms with Crippen LogP contribution < -0.4 is 10.0 Å². The van der Waals surface area contributed by atoms with Gasteiger partial charge in [0.1, 0.15) is 5.75 Å². The van der Waals surface area contributed by atoms with E-state index >= 15 is 0 Å². The van der Waals surface area contributed by atoms with Gasteiger partial charge in [-0.3, -0.25) is 4.79 Å². The molecule has 1 atom stereocenters. The molecule has 0 aliphatic rings. The normalized spacial score (nSPS) is 12.3. The van der Waals surface area contributed by atoms with Gasteiger partial charge in [0.2, 0.25) is 5.52 Å². The van der Waals surface area contributed by atoms with Crippen LogP contribution in [0.4, 0.5) is 0 Å². The van der Waals surface area contributed by atoms with Crippen LogP contribution in [-0.2, 0) is 4.57 Å². The first kappa shape index (κ1) is 17.5. The minimum atomic E-state index is -2.64. The Bertz CT molecular complexity index is 740. The van der Waals surface area contributed by atoms with E-state index in [9.17, 15) is 9.36 Å². The van der Waals surface area contributed by atoms with Gasteiger partial charge in [-0.2, -0.15) is 0 Å². The quantitative estimate of drug-likeness (QED) is 0.762. The maximum absolute atomic E-state index is 12.9. The number of aryl methyl sites for hydroxylation is 3. The molecule has 0 aliphatic heterocycles. The van der Waals surface area contributed by atoms with Crippen LogP contribution in [0.2, 0.25) is 0 Å². The summed E-state index contributed by atoms with van der Waals surface area (Å²) in [5.74, 6) is 0.530. The van der Waals surface area contributed by atoms with Crippen LogP contribution >= 0.6 is 7.80 Å². The second kappa shape index (κ2) is 7.14. The Balaban J connectivity index is 2.44. The smallest absolute Gasteiger partial charge is 0.223 e. The first-order chi connectivity index (χ1) is 10.8. The summed E-state index contributed by atoms with van der Waals surface area (Å²) >= 11 is 0. The van der Waals surface area contributed by atoms with Crippen LogP contribution in [0.5, 0.6) is 5.75 Å². The van der Waals surface area contributed by atoms with Gasteiger partial charge in [-0.25, -0.2) is 0 Å². The Hall–Kier alpha value is -1.86. The van der Waals surface area contributed by atoms with Gasteiger partial charge >= 0.3 is 0 Å². The van der Waals surface area contributed by atoms with Gasteiger partial charge in [0.25, 0.3) is 0 Å². The highest BCUT2D eigenvalue weighted by Gasteiger charge is 2.23.